The Kier molecular flexibility index (Phi) is 3.97. The summed E-state index contributed by atoms with van der Waals surface area (Å²) < 4.78 is 14.3. The van der Waals surface area contributed by atoms with Crippen LogP contribution in [-0.2, 0) is 0 Å². The highest BCUT2D eigenvalue weighted by Crippen LogP contribution is 2.18. The van der Waals surface area contributed by atoms with E-state index in [2.05, 4.69) is 22.9 Å². The van der Waals surface area contributed by atoms with E-state index in [-0.39, 0.29) is 12.4 Å². The molecule has 0 amide bonds. The van der Waals surface area contributed by atoms with Crippen LogP contribution in [-0.4, -0.2) is 21.3 Å². The Morgan fingerprint density at radius 2 is 2.05 bits per heavy atom. The van der Waals surface area contributed by atoms with E-state index in [9.17, 15) is 4.39 Å². The lowest BCUT2D eigenvalue weighted by molar-refractivity contribution is 0.305. The fourth-order valence-corrected chi connectivity index (χ4v) is 1.52. The molecule has 0 atom stereocenters. The molecule has 2 rings (SSSR count). The van der Waals surface area contributed by atoms with Crippen LogP contribution in [0.5, 0.6) is 0 Å². The minimum absolute atomic E-state index is 0.00538. The van der Waals surface area contributed by atoms with Crippen molar-refractivity contribution in [1.82, 2.24) is 9.55 Å². The summed E-state index contributed by atoms with van der Waals surface area (Å²) >= 11 is 0. The zero-order chi connectivity index (χ0) is 13.7. The first-order valence-corrected chi connectivity index (χ1v) is 5.66. The van der Waals surface area contributed by atoms with Crippen molar-refractivity contribution < 1.29 is 9.50 Å². The molecule has 0 aliphatic carbocycles. The molecule has 94 valence electrons. The second-order valence-electron chi connectivity index (χ2n) is 3.73. The van der Waals surface area contributed by atoms with Crippen LogP contribution < -0.4 is 0 Å². The smallest absolute Gasteiger partial charge is 0.197 e. The fourth-order valence-electron chi connectivity index (χ4n) is 1.52. The van der Waals surface area contributed by atoms with Crippen LogP contribution in [0.25, 0.3) is 11.3 Å². The lowest BCUT2D eigenvalue weighted by Crippen LogP contribution is -1.90. The van der Waals surface area contributed by atoms with Crippen LogP contribution in [0, 0.1) is 30.1 Å². The van der Waals surface area contributed by atoms with E-state index in [0.717, 1.165) is 5.56 Å². The second kappa shape index (κ2) is 5.86. The number of imidazole rings is 1. The number of nitrogens with zero attached hydrogens (tertiary/aromatic N) is 2. The van der Waals surface area contributed by atoms with Gasteiger partial charge in [0.15, 0.2) is 5.82 Å². The Morgan fingerprint density at radius 3 is 2.68 bits per heavy atom. The minimum atomic E-state index is -0.303. The number of aromatic nitrogens is 2. The number of hydrogen-bond acceptors (Lipinski definition) is 2. The first-order chi connectivity index (χ1) is 9.24. The first kappa shape index (κ1) is 12.9. The Hall–Kier alpha value is -2.56. The molecule has 1 aromatic heterocycles. The van der Waals surface area contributed by atoms with Crippen molar-refractivity contribution in [2.24, 2.45) is 0 Å². The van der Waals surface area contributed by atoms with Gasteiger partial charge in [0.1, 0.15) is 5.82 Å². The van der Waals surface area contributed by atoms with Gasteiger partial charge in [0.05, 0.1) is 12.3 Å². The molecule has 19 heavy (non-hydrogen) atoms. The Bertz CT molecular complexity index is 669. The highest BCUT2D eigenvalue weighted by molar-refractivity contribution is 5.59. The van der Waals surface area contributed by atoms with Gasteiger partial charge in [-0.1, -0.05) is 12.3 Å². The van der Waals surface area contributed by atoms with Gasteiger partial charge in [0.2, 0.25) is 0 Å². The summed E-state index contributed by atoms with van der Waals surface area (Å²) in [6, 6.07) is 8.42. The molecular formula is C15H11FN2O. The van der Waals surface area contributed by atoms with Gasteiger partial charge in [-0.05, 0) is 30.2 Å². The Morgan fingerprint density at radius 1 is 1.32 bits per heavy atom. The summed E-state index contributed by atoms with van der Waals surface area (Å²) in [6.45, 7) is -0.00538. The zero-order valence-electron chi connectivity index (χ0n) is 10.1. The number of benzene rings is 1. The van der Waals surface area contributed by atoms with Crippen molar-refractivity contribution >= 4 is 0 Å². The Balaban J connectivity index is 2.37. The molecule has 2 aromatic rings. The van der Waals surface area contributed by atoms with Gasteiger partial charge in [-0.3, -0.25) is 4.57 Å². The maximum Gasteiger partial charge on any atom is 0.197 e. The molecule has 0 bridgehead atoms. The van der Waals surface area contributed by atoms with Gasteiger partial charge in [-0.2, -0.15) is 0 Å². The number of terminal acetylenes is 1. The molecule has 0 aliphatic heterocycles. The lowest BCUT2D eigenvalue weighted by atomic mass is 10.2. The molecule has 1 heterocycles. The molecule has 3 nitrogen and oxygen atoms in total. The van der Waals surface area contributed by atoms with E-state index in [4.69, 9.17) is 11.5 Å². The van der Waals surface area contributed by atoms with Crippen LogP contribution >= 0.6 is 0 Å². The second-order valence-corrected chi connectivity index (χ2v) is 3.73. The van der Waals surface area contributed by atoms with Crippen molar-refractivity contribution in [3.8, 4) is 35.6 Å². The van der Waals surface area contributed by atoms with Gasteiger partial charge >= 0.3 is 0 Å². The van der Waals surface area contributed by atoms with Crippen LogP contribution in [0.15, 0.2) is 30.5 Å². The van der Waals surface area contributed by atoms with Crippen LogP contribution in [0.2, 0.25) is 0 Å². The molecular weight excluding hydrogens is 243 g/mol. The van der Waals surface area contributed by atoms with E-state index in [1.165, 1.54) is 16.7 Å². The van der Waals surface area contributed by atoms with E-state index in [1.54, 1.807) is 18.3 Å². The number of rotatable bonds is 2. The average molecular weight is 254 g/mol. The summed E-state index contributed by atoms with van der Waals surface area (Å²) in [4.78, 5) is 4.30. The molecule has 0 saturated heterocycles. The molecule has 0 fully saturated rings. The predicted molar refractivity (Wildman–Crippen MR) is 70.4 cm³/mol. The molecule has 0 radical (unpaired) electrons. The SMILES string of the molecule is C#Cn1cc(-c2ccc(F)cc2)nc1C#CCCO. The van der Waals surface area contributed by atoms with Crippen molar-refractivity contribution in [2.45, 2.75) is 6.42 Å². The highest BCUT2D eigenvalue weighted by Gasteiger charge is 2.06. The number of halogens is 1. The molecule has 0 aliphatic rings. The van der Waals surface area contributed by atoms with Crippen LogP contribution in [0.3, 0.4) is 0 Å². The third-order valence-corrected chi connectivity index (χ3v) is 2.42. The van der Waals surface area contributed by atoms with E-state index in [1.807, 2.05) is 0 Å². The number of aliphatic hydroxyl groups excluding tert-OH is 1. The first-order valence-electron chi connectivity index (χ1n) is 5.66. The standard InChI is InChI=1S/C15H11FN2O/c1-2-18-11-14(12-6-8-13(16)9-7-12)17-15(18)5-3-4-10-19/h1,6-9,11,19H,4,10H2. The normalized spacial score (nSPS) is 9.53. The molecule has 1 N–H and O–H groups in total. The summed E-state index contributed by atoms with van der Waals surface area (Å²) in [5.74, 6) is 5.68. The van der Waals surface area contributed by atoms with Crippen LogP contribution in [0.1, 0.15) is 12.2 Å². The molecule has 0 saturated carbocycles. The Labute approximate surface area is 110 Å². The quantitative estimate of drug-likeness (QED) is 0.831. The fraction of sp³-hybridized carbons (Fsp3) is 0.133. The van der Waals surface area contributed by atoms with Crippen molar-refractivity contribution in [3.05, 3.63) is 42.1 Å². The number of aliphatic hydroxyl groups is 1. The molecule has 4 heteroatoms. The van der Waals surface area contributed by atoms with E-state index >= 15 is 0 Å². The van der Waals surface area contributed by atoms with Gasteiger partial charge in [-0.25, -0.2) is 9.37 Å². The third kappa shape index (κ3) is 3.01. The summed E-state index contributed by atoms with van der Waals surface area (Å²) in [7, 11) is 0. The monoisotopic (exact) mass is 254 g/mol. The zero-order valence-corrected chi connectivity index (χ0v) is 10.1. The minimum Gasteiger partial charge on any atom is -0.395 e. The van der Waals surface area contributed by atoms with Gasteiger partial charge < -0.3 is 5.11 Å². The molecule has 1 aromatic carbocycles. The topological polar surface area (TPSA) is 38.0 Å². The van der Waals surface area contributed by atoms with Gasteiger partial charge in [0, 0.05) is 24.2 Å². The maximum absolute atomic E-state index is 12.9. The highest BCUT2D eigenvalue weighted by atomic mass is 19.1. The summed E-state index contributed by atoms with van der Waals surface area (Å²) in [6.07, 6.45) is 7.39. The number of hydrogen-bond donors (Lipinski definition) is 1. The van der Waals surface area contributed by atoms with Crippen molar-refractivity contribution in [3.63, 3.8) is 0 Å². The lowest BCUT2D eigenvalue weighted by Gasteiger charge is -1.94. The summed E-state index contributed by atoms with van der Waals surface area (Å²) in [5, 5.41) is 8.67. The molecule has 0 unspecified atom stereocenters. The van der Waals surface area contributed by atoms with Crippen molar-refractivity contribution in [1.29, 1.82) is 0 Å². The maximum atomic E-state index is 12.9. The van der Waals surface area contributed by atoms with Crippen LogP contribution in [0.4, 0.5) is 4.39 Å². The average Bonchev–Trinajstić information content (AvgIpc) is 2.83. The van der Waals surface area contributed by atoms with Gasteiger partial charge in [0.25, 0.3) is 0 Å². The summed E-state index contributed by atoms with van der Waals surface area (Å²) in [5.41, 5.74) is 1.40. The van der Waals surface area contributed by atoms with Gasteiger partial charge in [-0.15, -0.1) is 0 Å². The largest absolute Gasteiger partial charge is 0.395 e. The predicted octanol–water partition coefficient (Wildman–Crippen LogP) is 1.86. The molecule has 0 spiro atoms. The van der Waals surface area contributed by atoms with E-state index < -0.39 is 0 Å². The van der Waals surface area contributed by atoms with Crippen molar-refractivity contribution in [2.75, 3.05) is 6.61 Å². The van der Waals surface area contributed by atoms with E-state index in [0.29, 0.717) is 17.9 Å². The third-order valence-electron chi connectivity index (χ3n) is 2.42.